The zero-order valence-electron chi connectivity index (χ0n) is 17.0. The fourth-order valence-corrected chi connectivity index (χ4v) is 3.11. The van der Waals surface area contributed by atoms with Crippen LogP contribution in [0, 0.1) is 13.8 Å². The molecule has 7 nitrogen and oxygen atoms in total. The molecule has 0 unspecified atom stereocenters. The molecule has 3 rings (SSSR count). The van der Waals surface area contributed by atoms with Crippen molar-refractivity contribution in [3.63, 3.8) is 0 Å². The Morgan fingerprint density at radius 1 is 1.16 bits per heavy atom. The first-order chi connectivity index (χ1) is 14.6. The lowest BCUT2D eigenvalue weighted by Crippen LogP contribution is -2.27. The molecule has 0 aliphatic rings. The van der Waals surface area contributed by atoms with Gasteiger partial charge in [0, 0.05) is 28.5 Å². The number of unbranched alkanes of at least 4 members (excludes halogenated alkanes) is 1. The number of ether oxygens (including phenoxy) is 1. The lowest BCUT2D eigenvalue weighted by Gasteiger charge is -2.11. The Hall–Kier alpha value is -2.88. The van der Waals surface area contributed by atoms with E-state index in [0.717, 1.165) is 16.7 Å². The fourth-order valence-electron chi connectivity index (χ4n) is 2.98. The van der Waals surface area contributed by atoms with Gasteiger partial charge in [0.15, 0.2) is 0 Å². The SMILES string of the molecule is Cc1nc2nc(C(F)(F)F)nn2c(C)c1CC(=O)NCCCCOc1ccc(Cl)cc1. The summed E-state index contributed by atoms with van der Waals surface area (Å²) in [6.45, 7) is 4.18. The van der Waals surface area contributed by atoms with Crippen LogP contribution in [-0.4, -0.2) is 38.6 Å². The van der Waals surface area contributed by atoms with Crippen LogP contribution in [0.5, 0.6) is 5.75 Å². The van der Waals surface area contributed by atoms with Crippen LogP contribution >= 0.6 is 11.6 Å². The number of benzene rings is 1. The highest BCUT2D eigenvalue weighted by Gasteiger charge is 2.37. The van der Waals surface area contributed by atoms with Gasteiger partial charge in [-0.25, -0.2) is 9.50 Å². The lowest BCUT2D eigenvalue weighted by molar-refractivity contribution is -0.144. The third kappa shape index (κ3) is 5.84. The topological polar surface area (TPSA) is 81.4 Å². The molecule has 2 aromatic heterocycles. The summed E-state index contributed by atoms with van der Waals surface area (Å²) in [5.41, 5.74) is 1.37. The number of hydrogen-bond donors (Lipinski definition) is 1. The summed E-state index contributed by atoms with van der Waals surface area (Å²) in [7, 11) is 0. The first-order valence-corrected chi connectivity index (χ1v) is 9.98. The summed E-state index contributed by atoms with van der Waals surface area (Å²) in [5.74, 6) is -0.928. The van der Waals surface area contributed by atoms with E-state index < -0.39 is 12.0 Å². The summed E-state index contributed by atoms with van der Waals surface area (Å²) < 4.78 is 45.2. The Balaban J connectivity index is 1.50. The van der Waals surface area contributed by atoms with Crippen molar-refractivity contribution in [2.45, 2.75) is 39.3 Å². The molecule has 0 radical (unpaired) electrons. The molecule has 0 aliphatic carbocycles. The maximum Gasteiger partial charge on any atom is 0.453 e. The van der Waals surface area contributed by atoms with Crippen molar-refractivity contribution < 1.29 is 22.7 Å². The van der Waals surface area contributed by atoms with E-state index in [-0.39, 0.29) is 18.1 Å². The van der Waals surface area contributed by atoms with Crippen molar-refractivity contribution in [2.75, 3.05) is 13.2 Å². The van der Waals surface area contributed by atoms with Crippen molar-refractivity contribution in [3.8, 4) is 5.75 Å². The number of aryl methyl sites for hydroxylation is 2. The van der Waals surface area contributed by atoms with Crippen LogP contribution in [0.15, 0.2) is 24.3 Å². The smallest absolute Gasteiger partial charge is 0.453 e. The fraction of sp³-hybridized carbons (Fsp3) is 0.400. The van der Waals surface area contributed by atoms with E-state index in [1.54, 1.807) is 38.1 Å². The van der Waals surface area contributed by atoms with Crippen LogP contribution in [0.4, 0.5) is 13.2 Å². The van der Waals surface area contributed by atoms with Gasteiger partial charge in [-0.2, -0.15) is 18.2 Å². The van der Waals surface area contributed by atoms with E-state index in [1.807, 2.05) is 0 Å². The monoisotopic (exact) mass is 455 g/mol. The standard InChI is InChI=1S/C20H21ClF3N5O2/c1-12-16(13(2)29-19(26-12)27-18(28-29)20(22,23)24)11-17(30)25-9-3-4-10-31-15-7-5-14(21)6-8-15/h5-8H,3-4,9-11H2,1-2H3,(H,25,30). The summed E-state index contributed by atoms with van der Waals surface area (Å²) in [6.07, 6.45) is -3.22. The number of amides is 1. The Morgan fingerprint density at radius 3 is 2.55 bits per heavy atom. The van der Waals surface area contributed by atoms with Crippen molar-refractivity contribution >= 4 is 23.3 Å². The number of alkyl halides is 3. The molecule has 1 N–H and O–H groups in total. The van der Waals surface area contributed by atoms with Gasteiger partial charge < -0.3 is 10.1 Å². The van der Waals surface area contributed by atoms with Crippen molar-refractivity contribution in [1.29, 1.82) is 0 Å². The molecule has 3 aromatic rings. The molecule has 2 heterocycles. The minimum absolute atomic E-state index is 0.0108. The molecule has 0 atom stereocenters. The number of fused-ring (bicyclic) bond motifs is 1. The second kappa shape index (κ2) is 9.51. The molecule has 1 aromatic carbocycles. The van der Waals surface area contributed by atoms with Crippen LogP contribution in [0.3, 0.4) is 0 Å². The highest BCUT2D eigenvalue weighted by molar-refractivity contribution is 6.30. The van der Waals surface area contributed by atoms with Crippen LogP contribution in [0.25, 0.3) is 5.78 Å². The number of carbonyl (C=O) groups is 1. The van der Waals surface area contributed by atoms with Crippen molar-refractivity contribution in [2.24, 2.45) is 0 Å². The molecule has 1 amide bonds. The normalized spacial score (nSPS) is 11.7. The molecule has 31 heavy (non-hydrogen) atoms. The highest BCUT2D eigenvalue weighted by Crippen LogP contribution is 2.27. The van der Waals surface area contributed by atoms with Gasteiger partial charge in [-0.1, -0.05) is 11.6 Å². The van der Waals surface area contributed by atoms with E-state index in [2.05, 4.69) is 20.4 Å². The van der Waals surface area contributed by atoms with E-state index in [4.69, 9.17) is 16.3 Å². The van der Waals surface area contributed by atoms with Gasteiger partial charge >= 0.3 is 6.18 Å². The Labute approximate surface area is 181 Å². The van der Waals surface area contributed by atoms with Crippen LogP contribution < -0.4 is 10.1 Å². The Bertz CT molecular complexity index is 1070. The number of rotatable bonds is 8. The minimum atomic E-state index is -4.66. The van der Waals surface area contributed by atoms with Gasteiger partial charge in [-0.3, -0.25) is 4.79 Å². The van der Waals surface area contributed by atoms with Crippen molar-refractivity contribution in [3.05, 3.63) is 52.1 Å². The van der Waals surface area contributed by atoms with E-state index >= 15 is 0 Å². The lowest BCUT2D eigenvalue weighted by atomic mass is 10.1. The van der Waals surface area contributed by atoms with Crippen LogP contribution in [0.2, 0.25) is 5.02 Å². The predicted molar refractivity (Wildman–Crippen MR) is 108 cm³/mol. The Morgan fingerprint density at radius 2 is 1.87 bits per heavy atom. The summed E-state index contributed by atoms with van der Waals surface area (Å²) in [5, 5.41) is 6.93. The van der Waals surface area contributed by atoms with E-state index in [0.29, 0.717) is 41.5 Å². The average molecular weight is 456 g/mol. The van der Waals surface area contributed by atoms with Gasteiger partial charge in [-0.05, 0) is 51.0 Å². The Kier molecular flexibility index (Phi) is 6.99. The van der Waals surface area contributed by atoms with E-state index in [1.165, 1.54) is 0 Å². The number of halogens is 4. The maximum atomic E-state index is 12.9. The van der Waals surface area contributed by atoms with Crippen LogP contribution in [0.1, 0.15) is 35.6 Å². The zero-order valence-corrected chi connectivity index (χ0v) is 17.7. The largest absolute Gasteiger partial charge is 0.494 e. The van der Waals surface area contributed by atoms with E-state index in [9.17, 15) is 18.0 Å². The highest BCUT2D eigenvalue weighted by atomic mass is 35.5. The minimum Gasteiger partial charge on any atom is -0.494 e. The molecule has 0 saturated carbocycles. The summed E-state index contributed by atoms with van der Waals surface area (Å²) in [4.78, 5) is 19.8. The molecule has 0 spiro atoms. The molecular formula is C20H21ClF3N5O2. The van der Waals surface area contributed by atoms with Gasteiger partial charge in [0.2, 0.25) is 5.91 Å². The van der Waals surface area contributed by atoms with Gasteiger partial charge in [0.25, 0.3) is 11.6 Å². The first kappa shape index (κ1) is 22.8. The number of nitrogens with zero attached hydrogens (tertiary/aromatic N) is 4. The van der Waals surface area contributed by atoms with Crippen LogP contribution in [-0.2, 0) is 17.4 Å². The average Bonchev–Trinajstić information content (AvgIpc) is 3.14. The summed E-state index contributed by atoms with van der Waals surface area (Å²) >= 11 is 5.82. The molecule has 0 saturated heterocycles. The quantitative estimate of drug-likeness (QED) is 0.520. The molecule has 0 fully saturated rings. The second-order valence-corrected chi connectivity index (χ2v) is 7.38. The molecule has 166 valence electrons. The maximum absolute atomic E-state index is 12.9. The van der Waals surface area contributed by atoms with Gasteiger partial charge in [-0.15, -0.1) is 5.10 Å². The molecule has 0 bridgehead atoms. The predicted octanol–water partition coefficient (Wildman–Crippen LogP) is 3.93. The zero-order chi connectivity index (χ0) is 22.6. The van der Waals surface area contributed by atoms with Crippen molar-refractivity contribution in [1.82, 2.24) is 24.9 Å². The van der Waals surface area contributed by atoms with Gasteiger partial charge in [0.05, 0.1) is 13.0 Å². The first-order valence-electron chi connectivity index (χ1n) is 9.60. The molecular weight excluding hydrogens is 435 g/mol. The number of aromatic nitrogens is 4. The number of nitrogens with one attached hydrogen (secondary N) is 1. The number of hydrogen-bond acceptors (Lipinski definition) is 5. The third-order valence-electron chi connectivity index (χ3n) is 4.62. The summed E-state index contributed by atoms with van der Waals surface area (Å²) in [6, 6.07) is 7.06. The molecule has 0 aliphatic heterocycles. The third-order valence-corrected chi connectivity index (χ3v) is 4.87. The molecule has 11 heteroatoms. The second-order valence-electron chi connectivity index (χ2n) is 6.94. The van der Waals surface area contributed by atoms with Gasteiger partial charge in [0.1, 0.15) is 5.75 Å². The number of carbonyl (C=O) groups excluding carboxylic acids is 1.